The quantitative estimate of drug-likeness (QED) is 0.464. The summed E-state index contributed by atoms with van der Waals surface area (Å²) in [5.74, 6) is -0.281. The molecule has 0 aromatic heterocycles. The maximum atomic E-state index is 13.5. The van der Waals surface area contributed by atoms with Crippen molar-refractivity contribution in [3.63, 3.8) is 0 Å². The van der Waals surface area contributed by atoms with Crippen molar-refractivity contribution < 1.29 is 9.13 Å². The largest absolute Gasteiger partial charge is 0.379 e. The van der Waals surface area contributed by atoms with E-state index in [1.165, 1.54) is 6.07 Å². The van der Waals surface area contributed by atoms with Crippen LogP contribution in [-0.2, 0) is 4.74 Å². The van der Waals surface area contributed by atoms with Crippen LogP contribution in [0.3, 0.4) is 0 Å². The van der Waals surface area contributed by atoms with E-state index in [9.17, 15) is 4.39 Å². The van der Waals surface area contributed by atoms with Crippen LogP contribution in [0.4, 0.5) is 10.1 Å². The number of rotatable bonds is 4. The van der Waals surface area contributed by atoms with Crippen molar-refractivity contribution in [1.29, 1.82) is 0 Å². The summed E-state index contributed by atoms with van der Waals surface area (Å²) in [6.07, 6.45) is 0. The number of halogens is 1. The smallest absolute Gasteiger partial charge is 0.189 e. The Morgan fingerprint density at radius 1 is 1.21 bits per heavy atom. The van der Waals surface area contributed by atoms with Crippen LogP contribution in [0, 0.1) is 12.7 Å². The molecule has 1 saturated heterocycles. The third-order valence-electron chi connectivity index (χ3n) is 3.54. The molecule has 0 aliphatic carbocycles. The van der Waals surface area contributed by atoms with Crippen LogP contribution in [-0.4, -0.2) is 54.5 Å². The first-order valence-corrected chi connectivity index (χ1v) is 8.53. The number of anilines is 1. The number of hydrogen-bond acceptors (Lipinski definition) is 4. The predicted molar refractivity (Wildman–Crippen MR) is 101 cm³/mol. The second kappa shape index (κ2) is 9.67. The number of thiocarbonyl (C=S) groups is 2. The zero-order valence-corrected chi connectivity index (χ0v) is 15.2. The number of nitrogens with one attached hydrogen (secondary N) is 4. The third kappa shape index (κ3) is 6.52. The van der Waals surface area contributed by atoms with Gasteiger partial charge >= 0.3 is 0 Å². The van der Waals surface area contributed by atoms with Gasteiger partial charge in [0.25, 0.3) is 0 Å². The molecule has 1 aromatic carbocycles. The molecule has 1 heterocycles. The van der Waals surface area contributed by atoms with Crippen molar-refractivity contribution >= 4 is 40.3 Å². The molecule has 4 N–H and O–H groups in total. The lowest BCUT2D eigenvalue weighted by Gasteiger charge is -2.26. The zero-order chi connectivity index (χ0) is 17.4. The van der Waals surface area contributed by atoms with Crippen molar-refractivity contribution in [2.45, 2.75) is 6.92 Å². The summed E-state index contributed by atoms with van der Waals surface area (Å²) < 4.78 is 18.8. The maximum Gasteiger partial charge on any atom is 0.189 e. The zero-order valence-electron chi connectivity index (χ0n) is 13.5. The minimum absolute atomic E-state index is 0.281. The van der Waals surface area contributed by atoms with Crippen LogP contribution in [0.2, 0.25) is 0 Å². The van der Waals surface area contributed by atoms with E-state index in [2.05, 4.69) is 26.4 Å². The van der Waals surface area contributed by atoms with Gasteiger partial charge in [0.1, 0.15) is 5.82 Å². The molecule has 0 saturated carbocycles. The molecule has 132 valence electrons. The Labute approximate surface area is 152 Å². The highest BCUT2D eigenvalue weighted by Gasteiger charge is 2.09. The average molecular weight is 372 g/mol. The van der Waals surface area contributed by atoms with Gasteiger partial charge in [-0.2, -0.15) is 0 Å². The molecule has 1 fully saturated rings. The molecular weight excluding hydrogens is 349 g/mol. The standard InChI is InChI=1S/C15H22FN5OS2/c1-11-2-3-12(10-13(11)16)18-15(24)20-19-14(23)17-4-5-21-6-8-22-9-7-21/h2-3,10H,4-9H2,1H3,(H2,17,19,23)(H2,18,20,24). The summed E-state index contributed by atoms with van der Waals surface area (Å²) in [7, 11) is 0. The van der Waals surface area contributed by atoms with Gasteiger partial charge in [0.05, 0.1) is 13.2 Å². The fraction of sp³-hybridized carbons (Fsp3) is 0.467. The van der Waals surface area contributed by atoms with Crippen molar-refractivity contribution in [3.05, 3.63) is 29.6 Å². The molecule has 1 aliphatic heterocycles. The fourth-order valence-corrected chi connectivity index (χ4v) is 2.46. The van der Waals surface area contributed by atoms with Crippen LogP contribution >= 0.6 is 24.4 Å². The second-order valence-electron chi connectivity index (χ2n) is 5.38. The monoisotopic (exact) mass is 371 g/mol. The summed E-state index contributed by atoms with van der Waals surface area (Å²) in [4.78, 5) is 2.31. The van der Waals surface area contributed by atoms with E-state index in [0.717, 1.165) is 39.4 Å². The van der Waals surface area contributed by atoms with E-state index >= 15 is 0 Å². The molecular formula is C15H22FN5OS2. The SMILES string of the molecule is Cc1ccc(NC(=S)NNC(=S)NCCN2CCOCC2)cc1F. The van der Waals surface area contributed by atoms with Crippen LogP contribution in [0.1, 0.15) is 5.56 Å². The number of hydrogen-bond donors (Lipinski definition) is 4. The van der Waals surface area contributed by atoms with Crippen molar-refractivity contribution in [2.24, 2.45) is 0 Å². The number of benzene rings is 1. The van der Waals surface area contributed by atoms with Gasteiger partial charge in [0, 0.05) is 31.9 Å². The Balaban J connectivity index is 1.61. The van der Waals surface area contributed by atoms with Crippen LogP contribution in [0.25, 0.3) is 0 Å². The lowest BCUT2D eigenvalue weighted by molar-refractivity contribution is 0.0389. The molecule has 24 heavy (non-hydrogen) atoms. The van der Waals surface area contributed by atoms with Crippen molar-refractivity contribution in [3.8, 4) is 0 Å². The number of ether oxygens (including phenoxy) is 1. The summed E-state index contributed by atoms with van der Waals surface area (Å²) in [5.41, 5.74) is 6.72. The second-order valence-corrected chi connectivity index (χ2v) is 6.19. The summed E-state index contributed by atoms with van der Waals surface area (Å²) in [6.45, 7) is 6.79. The lowest BCUT2D eigenvalue weighted by Crippen LogP contribution is -2.50. The molecule has 0 amide bonds. The minimum Gasteiger partial charge on any atom is -0.379 e. The van der Waals surface area contributed by atoms with Crippen molar-refractivity contribution in [2.75, 3.05) is 44.7 Å². The summed E-state index contributed by atoms with van der Waals surface area (Å²) in [5, 5.41) is 6.72. The number of hydrazine groups is 1. The van der Waals surface area contributed by atoms with Gasteiger partial charge in [0.15, 0.2) is 10.2 Å². The molecule has 1 aliphatic rings. The van der Waals surface area contributed by atoms with Gasteiger partial charge in [-0.1, -0.05) is 6.07 Å². The van der Waals surface area contributed by atoms with E-state index in [1.54, 1.807) is 19.1 Å². The number of aryl methyl sites for hydroxylation is 1. The topological polar surface area (TPSA) is 60.6 Å². The molecule has 9 heteroatoms. The van der Waals surface area contributed by atoms with Gasteiger partial charge in [-0.25, -0.2) is 4.39 Å². The lowest BCUT2D eigenvalue weighted by atomic mass is 10.2. The van der Waals surface area contributed by atoms with Gasteiger partial charge < -0.3 is 15.4 Å². The van der Waals surface area contributed by atoms with E-state index in [4.69, 9.17) is 29.2 Å². The highest BCUT2D eigenvalue weighted by atomic mass is 32.1. The molecule has 6 nitrogen and oxygen atoms in total. The summed E-state index contributed by atoms with van der Waals surface area (Å²) in [6, 6.07) is 4.83. The molecule has 0 unspecified atom stereocenters. The van der Waals surface area contributed by atoms with Crippen LogP contribution in [0.5, 0.6) is 0 Å². The normalized spacial score (nSPS) is 14.8. The molecule has 1 aromatic rings. The van der Waals surface area contributed by atoms with E-state index in [1.807, 2.05) is 0 Å². The number of nitrogens with zero attached hydrogens (tertiary/aromatic N) is 1. The molecule has 0 radical (unpaired) electrons. The van der Waals surface area contributed by atoms with Crippen molar-refractivity contribution in [1.82, 2.24) is 21.1 Å². The fourth-order valence-electron chi connectivity index (χ4n) is 2.14. The van der Waals surface area contributed by atoms with E-state index in [0.29, 0.717) is 21.5 Å². The van der Waals surface area contributed by atoms with Crippen LogP contribution in [0.15, 0.2) is 18.2 Å². The Hall–Kier alpha value is -1.55. The maximum absolute atomic E-state index is 13.5. The first kappa shape index (κ1) is 18.8. The summed E-state index contributed by atoms with van der Waals surface area (Å²) >= 11 is 10.3. The van der Waals surface area contributed by atoms with Gasteiger partial charge in [0.2, 0.25) is 0 Å². The predicted octanol–water partition coefficient (Wildman–Crippen LogP) is 1.13. The molecule has 2 rings (SSSR count). The Bertz CT molecular complexity index is 581. The first-order chi connectivity index (χ1) is 11.5. The van der Waals surface area contributed by atoms with Gasteiger partial charge in [-0.05, 0) is 49.1 Å². The Morgan fingerprint density at radius 2 is 1.92 bits per heavy atom. The van der Waals surface area contributed by atoms with Gasteiger partial charge in [-0.15, -0.1) is 0 Å². The molecule has 0 spiro atoms. The van der Waals surface area contributed by atoms with Gasteiger partial charge in [-0.3, -0.25) is 15.8 Å². The van der Waals surface area contributed by atoms with E-state index < -0.39 is 0 Å². The molecule has 0 bridgehead atoms. The first-order valence-electron chi connectivity index (χ1n) is 7.71. The Kier molecular flexibility index (Phi) is 7.57. The number of morpholine rings is 1. The average Bonchev–Trinajstić information content (AvgIpc) is 2.57. The highest BCUT2D eigenvalue weighted by molar-refractivity contribution is 7.80. The van der Waals surface area contributed by atoms with E-state index in [-0.39, 0.29) is 5.82 Å². The minimum atomic E-state index is -0.281. The van der Waals surface area contributed by atoms with Crippen LogP contribution < -0.4 is 21.5 Å². The third-order valence-corrected chi connectivity index (χ3v) is 3.99. The molecule has 0 atom stereocenters. The Morgan fingerprint density at radius 3 is 2.62 bits per heavy atom. The highest BCUT2D eigenvalue weighted by Crippen LogP contribution is 2.13.